The van der Waals surface area contributed by atoms with E-state index in [2.05, 4.69) is 19.2 Å². The molecule has 3 nitrogen and oxygen atoms in total. The van der Waals surface area contributed by atoms with E-state index in [1.165, 1.54) is 19.3 Å². The van der Waals surface area contributed by atoms with E-state index >= 15 is 0 Å². The molecule has 1 aliphatic carbocycles. The third kappa shape index (κ3) is 5.01. The number of nitrogens with one attached hydrogen (secondary N) is 1. The minimum Gasteiger partial charge on any atom is -0.493 e. The zero-order chi connectivity index (χ0) is 19.2. The molecule has 0 spiro atoms. The number of rotatable bonds is 6. The molecule has 1 saturated carbocycles. The molecule has 0 saturated heterocycles. The van der Waals surface area contributed by atoms with Crippen LogP contribution in [0, 0.1) is 11.8 Å². The van der Waals surface area contributed by atoms with Crippen LogP contribution in [-0.4, -0.2) is 18.1 Å². The fourth-order valence-corrected chi connectivity index (χ4v) is 3.98. The first-order valence-corrected chi connectivity index (χ1v) is 10.1. The molecule has 0 radical (unpaired) electrons. The summed E-state index contributed by atoms with van der Waals surface area (Å²) >= 11 is 5.68. The molecule has 0 heterocycles. The summed E-state index contributed by atoms with van der Waals surface area (Å²) in [6.45, 7) is 5.17. The van der Waals surface area contributed by atoms with E-state index in [1.54, 1.807) is 7.11 Å². The van der Waals surface area contributed by atoms with Gasteiger partial charge in [0.05, 0.1) is 7.11 Å². The molecule has 1 fully saturated rings. The summed E-state index contributed by atoms with van der Waals surface area (Å²) in [6, 6.07) is 16.5. The number of hydrogen-bond donors (Lipinski definition) is 1. The van der Waals surface area contributed by atoms with Crippen molar-refractivity contribution in [2.75, 3.05) is 7.11 Å². The monoisotopic (exact) mass is 383 g/mol. The first-order chi connectivity index (χ1) is 13.1. The second-order valence-corrected chi connectivity index (χ2v) is 7.90. The Kier molecular flexibility index (Phi) is 6.73. The van der Waals surface area contributed by atoms with Gasteiger partial charge in [-0.25, -0.2) is 0 Å². The first kappa shape index (κ1) is 19.7. The molecule has 3 atom stereocenters. The minimum absolute atomic E-state index is 0.446. The van der Waals surface area contributed by atoms with Crippen molar-refractivity contribution in [2.45, 2.75) is 45.8 Å². The van der Waals surface area contributed by atoms with Gasteiger partial charge in [0.2, 0.25) is 0 Å². The van der Waals surface area contributed by atoms with Crippen LogP contribution in [0.3, 0.4) is 0 Å². The van der Waals surface area contributed by atoms with E-state index in [0.29, 0.717) is 24.3 Å². The molecule has 0 bridgehead atoms. The summed E-state index contributed by atoms with van der Waals surface area (Å²) in [7, 11) is 1.66. The topological polar surface area (TPSA) is 30.5 Å². The number of benzene rings is 2. The fourth-order valence-electron chi connectivity index (χ4n) is 3.70. The van der Waals surface area contributed by atoms with Gasteiger partial charge in [-0.1, -0.05) is 69.2 Å². The number of hydrogen-bond acceptors (Lipinski definition) is 3. The minimum atomic E-state index is 0.446. The molecule has 0 unspecified atom stereocenters. The van der Waals surface area contributed by atoms with Crippen molar-refractivity contribution in [2.24, 2.45) is 11.8 Å². The second kappa shape index (κ2) is 9.23. The summed E-state index contributed by atoms with van der Waals surface area (Å²) in [5.74, 6) is 2.81. The van der Waals surface area contributed by atoms with Gasteiger partial charge in [-0.05, 0) is 42.0 Å². The highest BCUT2D eigenvalue weighted by atomic mass is 32.1. The second-order valence-electron chi connectivity index (χ2n) is 7.49. The lowest BCUT2D eigenvalue weighted by atomic mass is 9.78. The van der Waals surface area contributed by atoms with Crippen molar-refractivity contribution in [1.29, 1.82) is 0 Å². The van der Waals surface area contributed by atoms with E-state index in [1.807, 2.05) is 48.5 Å². The van der Waals surface area contributed by atoms with Crippen LogP contribution < -0.4 is 14.8 Å². The smallest absolute Gasteiger partial charge is 0.161 e. The highest BCUT2D eigenvalue weighted by Gasteiger charge is 2.27. The Morgan fingerprint density at radius 1 is 1.07 bits per heavy atom. The maximum atomic E-state index is 5.94. The molecule has 144 valence electrons. The Bertz CT molecular complexity index is 762. The van der Waals surface area contributed by atoms with E-state index in [0.717, 1.165) is 27.8 Å². The number of ether oxygens (including phenoxy) is 2. The first-order valence-electron chi connectivity index (χ1n) is 9.74. The van der Waals surface area contributed by atoms with Crippen molar-refractivity contribution in [3.63, 3.8) is 0 Å². The van der Waals surface area contributed by atoms with Gasteiger partial charge in [-0.3, -0.25) is 0 Å². The van der Waals surface area contributed by atoms with Gasteiger partial charge in [0.1, 0.15) is 11.6 Å². The quantitative estimate of drug-likeness (QED) is 0.680. The van der Waals surface area contributed by atoms with Gasteiger partial charge in [-0.15, -0.1) is 0 Å². The predicted molar refractivity (Wildman–Crippen MR) is 115 cm³/mol. The Morgan fingerprint density at radius 2 is 1.85 bits per heavy atom. The van der Waals surface area contributed by atoms with Crippen LogP contribution >= 0.6 is 12.2 Å². The Morgan fingerprint density at radius 3 is 2.59 bits per heavy atom. The van der Waals surface area contributed by atoms with Crippen LogP contribution in [0.5, 0.6) is 11.5 Å². The van der Waals surface area contributed by atoms with E-state index in [9.17, 15) is 0 Å². The van der Waals surface area contributed by atoms with Crippen molar-refractivity contribution >= 4 is 17.2 Å². The standard InChI is InChI=1S/C23H29NO2S/c1-16-8-7-11-20(17(16)2)24-23(27)19-12-13-21(22(14-19)25-3)26-15-18-9-5-4-6-10-18/h4-6,9-10,12-14,16-17,20H,7-8,11,15H2,1-3H3,(H,24,27)/t16-,17-,20+/m1/s1. The fraction of sp³-hybridized carbons (Fsp3) is 0.435. The maximum absolute atomic E-state index is 5.94. The van der Waals surface area contributed by atoms with Gasteiger partial charge in [0.25, 0.3) is 0 Å². The zero-order valence-corrected chi connectivity index (χ0v) is 17.2. The Labute approximate surface area is 168 Å². The zero-order valence-electron chi connectivity index (χ0n) is 16.4. The molecule has 2 aromatic carbocycles. The Hall–Kier alpha value is -2.07. The van der Waals surface area contributed by atoms with Crippen LogP contribution in [0.15, 0.2) is 48.5 Å². The number of methoxy groups -OCH3 is 1. The molecular formula is C23H29NO2S. The molecule has 3 rings (SSSR count). The molecule has 1 N–H and O–H groups in total. The lowest BCUT2D eigenvalue weighted by molar-refractivity contribution is 0.225. The lowest BCUT2D eigenvalue weighted by Gasteiger charge is -2.35. The van der Waals surface area contributed by atoms with Crippen LogP contribution in [0.1, 0.15) is 44.2 Å². The molecule has 4 heteroatoms. The van der Waals surface area contributed by atoms with Crippen molar-refractivity contribution in [3.05, 3.63) is 59.7 Å². The summed E-state index contributed by atoms with van der Waals surface area (Å²) in [4.78, 5) is 0.786. The van der Waals surface area contributed by atoms with Gasteiger partial charge < -0.3 is 14.8 Å². The summed E-state index contributed by atoms with van der Waals surface area (Å²) in [6.07, 6.45) is 3.76. The predicted octanol–water partition coefficient (Wildman–Crippen LogP) is 5.36. The molecule has 0 amide bonds. The lowest BCUT2D eigenvalue weighted by Crippen LogP contribution is -2.43. The van der Waals surface area contributed by atoms with Crippen LogP contribution in [0.4, 0.5) is 0 Å². The molecule has 1 aliphatic rings. The SMILES string of the molecule is COc1cc(C(=S)N[C@H]2CCC[C@@H](C)[C@H]2C)ccc1OCc1ccccc1. The number of thiocarbonyl (C=S) groups is 1. The van der Waals surface area contributed by atoms with Crippen molar-refractivity contribution in [1.82, 2.24) is 5.32 Å². The van der Waals surface area contributed by atoms with Crippen LogP contribution in [0.2, 0.25) is 0 Å². The van der Waals surface area contributed by atoms with Gasteiger partial charge >= 0.3 is 0 Å². The van der Waals surface area contributed by atoms with Crippen LogP contribution in [0.25, 0.3) is 0 Å². The maximum Gasteiger partial charge on any atom is 0.161 e. The average Bonchev–Trinajstić information content (AvgIpc) is 2.70. The van der Waals surface area contributed by atoms with Gasteiger partial charge in [0.15, 0.2) is 11.5 Å². The molecular weight excluding hydrogens is 354 g/mol. The highest BCUT2D eigenvalue weighted by Crippen LogP contribution is 2.31. The highest BCUT2D eigenvalue weighted by molar-refractivity contribution is 7.80. The van der Waals surface area contributed by atoms with E-state index in [4.69, 9.17) is 21.7 Å². The summed E-state index contributed by atoms with van der Waals surface area (Å²) in [5.41, 5.74) is 2.10. The van der Waals surface area contributed by atoms with Gasteiger partial charge in [0, 0.05) is 11.6 Å². The Balaban J connectivity index is 1.66. The molecule has 0 aliphatic heterocycles. The largest absolute Gasteiger partial charge is 0.493 e. The average molecular weight is 384 g/mol. The molecule has 0 aromatic heterocycles. The van der Waals surface area contributed by atoms with Crippen LogP contribution in [-0.2, 0) is 6.61 Å². The normalized spacial score (nSPS) is 22.1. The summed E-state index contributed by atoms with van der Waals surface area (Å²) < 4.78 is 11.5. The van der Waals surface area contributed by atoms with Crippen molar-refractivity contribution in [3.8, 4) is 11.5 Å². The van der Waals surface area contributed by atoms with Gasteiger partial charge in [-0.2, -0.15) is 0 Å². The van der Waals surface area contributed by atoms with E-state index in [-0.39, 0.29) is 0 Å². The third-order valence-electron chi connectivity index (χ3n) is 5.69. The third-order valence-corrected chi connectivity index (χ3v) is 6.04. The molecule has 27 heavy (non-hydrogen) atoms. The van der Waals surface area contributed by atoms with E-state index < -0.39 is 0 Å². The summed E-state index contributed by atoms with van der Waals surface area (Å²) in [5, 5.41) is 3.58. The van der Waals surface area contributed by atoms with Crippen molar-refractivity contribution < 1.29 is 9.47 Å². The molecule has 2 aromatic rings.